The molecule has 1 saturated carbocycles. The molecular weight excluding hydrogens is 288 g/mol. The summed E-state index contributed by atoms with van der Waals surface area (Å²) in [6, 6.07) is 3.56. The first-order chi connectivity index (χ1) is 10.5. The Morgan fingerprint density at radius 1 is 1.36 bits per heavy atom. The summed E-state index contributed by atoms with van der Waals surface area (Å²) in [7, 11) is 0. The molecule has 0 radical (unpaired) electrons. The van der Waals surface area contributed by atoms with Crippen molar-refractivity contribution in [2.45, 2.75) is 38.1 Å². The number of aliphatic hydroxyl groups excluding tert-OH is 1. The standard InChI is InChI=1S/C17H21F2NO2/c1-10-2-3-11(9-21)8-20(10)17(22)15-7-13(15)14-6-12(18)4-5-16(14)19/h4-6,10-11,13,15,21H,2-3,7-9H2,1H3. The number of rotatable bonds is 3. The zero-order valence-corrected chi connectivity index (χ0v) is 12.6. The maximum atomic E-state index is 13.8. The summed E-state index contributed by atoms with van der Waals surface area (Å²) in [4.78, 5) is 14.5. The van der Waals surface area contributed by atoms with Crippen LogP contribution >= 0.6 is 0 Å². The highest BCUT2D eigenvalue weighted by Crippen LogP contribution is 2.50. The molecule has 5 heteroatoms. The first kappa shape index (κ1) is 15.4. The molecule has 3 rings (SSSR count). The van der Waals surface area contributed by atoms with Crippen LogP contribution in [0.1, 0.15) is 37.7 Å². The van der Waals surface area contributed by atoms with Gasteiger partial charge in [-0.25, -0.2) is 8.78 Å². The van der Waals surface area contributed by atoms with Crippen molar-refractivity contribution in [1.29, 1.82) is 0 Å². The normalized spacial score (nSPS) is 31.2. The lowest BCUT2D eigenvalue weighted by atomic mass is 9.93. The van der Waals surface area contributed by atoms with Gasteiger partial charge in [-0.3, -0.25) is 4.79 Å². The number of halogens is 2. The van der Waals surface area contributed by atoms with Gasteiger partial charge >= 0.3 is 0 Å². The van der Waals surface area contributed by atoms with Gasteiger partial charge in [0.05, 0.1) is 0 Å². The van der Waals surface area contributed by atoms with E-state index < -0.39 is 11.6 Å². The van der Waals surface area contributed by atoms with Crippen molar-refractivity contribution in [2.75, 3.05) is 13.2 Å². The van der Waals surface area contributed by atoms with E-state index in [4.69, 9.17) is 0 Å². The molecule has 4 atom stereocenters. The minimum absolute atomic E-state index is 0.0133. The lowest BCUT2D eigenvalue weighted by Gasteiger charge is -2.37. The molecule has 0 spiro atoms. The molecule has 1 aromatic rings. The van der Waals surface area contributed by atoms with Gasteiger partial charge in [0.25, 0.3) is 0 Å². The first-order valence-electron chi connectivity index (χ1n) is 7.87. The van der Waals surface area contributed by atoms with E-state index in [-0.39, 0.29) is 36.3 Å². The van der Waals surface area contributed by atoms with E-state index in [0.717, 1.165) is 25.0 Å². The van der Waals surface area contributed by atoms with Crippen molar-refractivity contribution in [3.05, 3.63) is 35.4 Å². The van der Waals surface area contributed by atoms with Crippen molar-refractivity contribution in [3.63, 3.8) is 0 Å². The molecule has 22 heavy (non-hydrogen) atoms. The number of aliphatic hydroxyl groups is 1. The lowest BCUT2D eigenvalue weighted by Crippen LogP contribution is -2.47. The van der Waals surface area contributed by atoms with Crippen molar-refractivity contribution >= 4 is 5.91 Å². The van der Waals surface area contributed by atoms with Crippen LogP contribution in [-0.4, -0.2) is 35.1 Å². The maximum absolute atomic E-state index is 13.8. The maximum Gasteiger partial charge on any atom is 0.226 e. The van der Waals surface area contributed by atoms with Crippen LogP contribution in [0.3, 0.4) is 0 Å². The molecular formula is C17H21F2NO2. The molecule has 1 N–H and O–H groups in total. The summed E-state index contributed by atoms with van der Waals surface area (Å²) in [5.41, 5.74) is 0.307. The Kier molecular flexibility index (Phi) is 4.17. The highest BCUT2D eigenvalue weighted by Gasteiger charge is 2.48. The number of carbonyl (C=O) groups is 1. The Hall–Kier alpha value is -1.49. The first-order valence-corrected chi connectivity index (χ1v) is 7.87. The summed E-state index contributed by atoms with van der Waals surface area (Å²) in [6.07, 6.45) is 2.38. The van der Waals surface area contributed by atoms with E-state index in [2.05, 4.69) is 0 Å². The number of likely N-dealkylation sites (tertiary alicyclic amines) is 1. The Bertz CT molecular complexity index is 578. The van der Waals surface area contributed by atoms with Crippen LogP contribution in [-0.2, 0) is 4.79 Å². The van der Waals surface area contributed by atoms with E-state index in [1.807, 2.05) is 11.8 Å². The smallest absolute Gasteiger partial charge is 0.226 e. The molecule has 1 aromatic carbocycles. The lowest BCUT2D eigenvalue weighted by molar-refractivity contribution is -0.137. The van der Waals surface area contributed by atoms with Gasteiger partial charge in [-0.2, -0.15) is 0 Å². The van der Waals surface area contributed by atoms with Crippen LogP contribution < -0.4 is 0 Å². The van der Waals surface area contributed by atoms with Crippen molar-refractivity contribution < 1.29 is 18.7 Å². The minimum Gasteiger partial charge on any atom is -0.396 e. The number of hydrogen-bond acceptors (Lipinski definition) is 2. The second-order valence-electron chi connectivity index (χ2n) is 6.58. The molecule has 1 heterocycles. The number of piperidine rings is 1. The number of amides is 1. The van der Waals surface area contributed by atoms with E-state index in [1.165, 1.54) is 6.07 Å². The number of hydrogen-bond donors (Lipinski definition) is 1. The third-order valence-electron chi connectivity index (χ3n) is 4.99. The predicted molar refractivity (Wildman–Crippen MR) is 78.2 cm³/mol. The van der Waals surface area contributed by atoms with Crippen LogP contribution in [0, 0.1) is 23.5 Å². The summed E-state index contributed by atoms with van der Waals surface area (Å²) < 4.78 is 27.1. The quantitative estimate of drug-likeness (QED) is 0.932. The van der Waals surface area contributed by atoms with Crippen LogP contribution in [0.5, 0.6) is 0 Å². The summed E-state index contributed by atoms with van der Waals surface area (Å²) in [5, 5.41) is 9.30. The molecule has 4 unspecified atom stereocenters. The van der Waals surface area contributed by atoms with Gasteiger partial charge in [0.1, 0.15) is 11.6 Å². The monoisotopic (exact) mass is 309 g/mol. The Labute approximate surface area is 128 Å². The molecule has 1 amide bonds. The fourth-order valence-electron chi connectivity index (χ4n) is 3.46. The van der Waals surface area contributed by atoms with Crippen molar-refractivity contribution in [1.82, 2.24) is 4.90 Å². The van der Waals surface area contributed by atoms with E-state index in [0.29, 0.717) is 18.5 Å². The van der Waals surface area contributed by atoms with Crippen LogP contribution in [0.2, 0.25) is 0 Å². The topological polar surface area (TPSA) is 40.5 Å². The van der Waals surface area contributed by atoms with Crippen LogP contribution in [0.4, 0.5) is 8.78 Å². The predicted octanol–water partition coefficient (Wildman–Crippen LogP) is 2.69. The molecule has 1 aliphatic carbocycles. The SMILES string of the molecule is CC1CCC(CO)CN1C(=O)C1CC1c1cc(F)ccc1F. The molecule has 2 fully saturated rings. The molecule has 0 bridgehead atoms. The number of nitrogens with zero attached hydrogens (tertiary/aromatic N) is 1. The van der Waals surface area contributed by atoms with Gasteiger partial charge in [0, 0.05) is 25.1 Å². The van der Waals surface area contributed by atoms with Gasteiger partial charge in [-0.1, -0.05) is 0 Å². The van der Waals surface area contributed by atoms with E-state index in [9.17, 15) is 18.7 Å². The molecule has 2 aliphatic rings. The molecule has 120 valence electrons. The Balaban J connectivity index is 1.71. The molecule has 0 aromatic heterocycles. The molecule has 3 nitrogen and oxygen atoms in total. The summed E-state index contributed by atoms with van der Waals surface area (Å²) >= 11 is 0. The fourth-order valence-corrected chi connectivity index (χ4v) is 3.46. The van der Waals surface area contributed by atoms with Crippen molar-refractivity contribution in [2.24, 2.45) is 11.8 Å². The summed E-state index contributed by atoms with van der Waals surface area (Å²) in [6.45, 7) is 2.65. The highest BCUT2D eigenvalue weighted by molar-refractivity contribution is 5.83. The van der Waals surface area contributed by atoms with Crippen molar-refractivity contribution in [3.8, 4) is 0 Å². The van der Waals surface area contributed by atoms with Gasteiger partial charge in [-0.05, 0) is 61.8 Å². The average molecular weight is 309 g/mol. The highest BCUT2D eigenvalue weighted by atomic mass is 19.1. The van der Waals surface area contributed by atoms with Gasteiger partial charge in [0.2, 0.25) is 5.91 Å². The number of benzene rings is 1. The second-order valence-corrected chi connectivity index (χ2v) is 6.58. The van der Waals surface area contributed by atoms with E-state index in [1.54, 1.807) is 0 Å². The summed E-state index contributed by atoms with van der Waals surface area (Å²) in [5.74, 6) is -1.24. The molecule has 1 saturated heterocycles. The average Bonchev–Trinajstić information content (AvgIpc) is 3.30. The third-order valence-corrected chi connectivity index (χ3v) is 4.99. The largest absolute Gasteiger partial charge is 0.396 e. The fraction of sp³-hybridized carbons (Fsp3) is 0.588. The van der Waals surface area contributed by atoms with Gasteiger partial charge in [-0.15, -0.1) is 0 Å². The number of carbonyl (C=O) groups excluding carboxylic acids is 1. The van der Waals surface area contributed by atoms with E-state index >= 15 is 0 Å². The van der Waals surface area contributed by atoms with Gasteiger partial charge < -0.3 is 10.0 Å². The molecule has 1 aliphatic heterocycles. The zero-order chi connectivity index (χ0) is 15.9. The Morgan fingerprint density at radius 2 is 2.14 bits per heavy atom. The zero-order valence-electron chi connectivity index (χ0n) is 12.6. The second kappa shape index (κ2) is 5.95. The third kappa shape index (κ3) is 2.86. The Morgan fingerprint density at radius 3 is 2.86 bits per heavy atom. The van der Waals surface area contributed by atoms with Crippen LogP contribution in [0.25, 0.3) is 0 Å². The van der Waals surface area contributed by atoms with Gasteiger partial charge in [0.15, 0.2) is 0 Å². The minimum atomic E-state index is -0.471. The van der Waals surface area contributed by atoms with Crippen LogP contribution in [0.15, 0.2) is 18.2 Å².